The Labute approximate surface area is 116 Å². The summed E-state index contributed by atoms with van der Waals surface area (Å²) in [5.41, 5.74) is 0.286. The van der Waals surface area contributed by atoms with Crippen LogP contribution in [0, 0.1) is 10.1 Å². The van der Waals surface area contributed by atoms with Crippen LogP contribution in [-0.2, 0) is 4.74 Å². The molecule has 0 amide bonds. The van der Waals surface area contributed by atoms with Gasteiger partial charge in [0.2, 0.25) is 0 Å². The Morgan fingerprint density at radius 3 is 3.00 bits per heavy atom. The lowest BCUT2D eigenvalue weighted by Gasteiger charge is -2.16. The van der Waals surface area contributed by atoms with Crippen molar-refractivity contribution in [2.24, 2.45) is 0 Å². The third-order valence-electron chi connectivity index (χ3n) is 3.11. The summed E-state index contributed by atoms with van der Waals surface area (Å²) in [5, 5.41) is 17.3. The molecule has 0 radical (unpaired) electrons. The first-order chi connectivity index (χ1) is 9.63. The number of hydrogen-bond acceptors (Lipinski definition) is 6. The average Bonchev–Trinajstić information content (AvgIpc) is 2.92. The van der Waals surface area contributed by atoms with Gasteiger partial charge in [0, 0.05) is 6.07 Å². The molecule has 1 fully saturated rings. The van der Waals surface area contributed by atoms with Crippen LogP contribution in [0.4, 0.5) is 11.4 Å². The van der Waals surface area contributed by atoms with Crippen molar-refractivity contribution in [2.45, 2.75) is 25.9 Å². The molecule has 1 atom stereocenters. The van der Waals surface area contributed by atoms with Gasteiger partial charge in [0.05, 0.1) is 23.3 Å². The Bertz CT molecular complexity index is 512. The van der Waals surface area contributed by atoms with Gasteiger partial charge in [-0.05, 0) is 32.4 Å². The van der Waals surface area contributed by atoms with E-state index in [1.807, 2.05) is 0 Å². The fourth-order valence-electron chi connectivity index (χ4n) is 2.20. The van der Waals surface area contributed by atoms with Gasteiger partial charge in [-0.2, -0.15) is 0 Å². The van der Waals surface area contributed by atoms with Crippen LogP contribution in [0.25, 0.3) is 0 Å². The number of esters is 1. The monoisotopic (exact) mass is 279 g/mol. The Morgan fingerprint density at radius 2 is 2.40 bits per heavy atom. The average molecular weight is 279 g/mol. The van der Waals surface area contributed by atoms with E-state index in [2.05, 4.69) is 10.6 Å². The van der Waals surface area contributed by atoms with Crippen molar-refractivity contribution in [3.05, 3.63) is 33.9 Å². The summed E-state index contributed by atoms with van der Waals surface area (Å²) in [7, 11) is 0. The van der Waals surface area contributed by atoms with Crippen LogP contribution in [0.5, 0.6) is 0 Å². The van der Waals surface area contributed by atoms with Gasteiger partial charge in [-0.25, -0.2) is 4.79 Å². The zero-order valence-electron chi connectivity index (χ0n) is 11.2. The van der Waals surface area contributed by atoms with Crippen LogP contribution in [0.2, 0.25) is 0 Å². The van der Waals surface area contributed by atoms with E-state index in [9.17, 15) is 14.9 Å². The minimum atomic E-state index is -0.559. The molecule has 7 nitrogen and oxygen atoms in total. The van der Waals surface area contributed by atoms with Crippen LogP contribution in [-0.4, -0.2) is 30.2 Å². The predicted octanol–water partition coefficient (Wildman–Crippen LogP) is 1.89. The molecule has 108 valence electrons. The highest BCUT2D eigenvalue weighted by Gasteiger charge is 2.25. The third-order valence-corrected chi connectivity index (χ3v) is 3.11. The number of para-hydroxylation sites is 1. The van der Waals surface area contributed by atoms with Gasteiger partial charge in [-0.15, -0.1) is 0 Å². The molecule has 0 saturated carbocycles. The van der Waals surface area contributed by atoms with Crippen LogP contribution in [0.1, 0.15) is 30.1 Å². The number of carbonyl (C=O) groups excluding carboxylic acids is 1. The Morgan fingerprint density at radius 1 is 1.60 bits per heavy atom. The second-order valence-electron chi connectivity index (χ2n) is 4.47. The lowest BCUT2D eigenvalue weighted by Crippen LogP contribution is -2.31. The number of nitro benzene ring substituents is 1. The van der Waals surface area contributed by atoms with Gasteiger partial charge in [-0.3, -0.25) is 15.4 Å². The maximum Gasteiger partial charge on any atom is 0.340 e. The maximum absolute atomic E-state index is 11.9. The van der Waals surface area contributed by atoms with Crippen LogP contribution < -0.4 is 10.6 Å². The lowest BCUT2D eigenvalue weighted by molar-refractivity contribution is -0.384. The molecule has 1 aromatic rings. The van der Waals surface area contributed by atoms with Crippen molar-refractivity contribution in [2.75, 3.05) is 18.5 Å². The molecule has 1 aromatic carbocycles. The van der Waals surface area contributed by atoms with E-state index in [1.165, 1.54) is 18.2 Å². The number of anilines is 1. The van der Waals surface area contributed by atoms with Gasteiger partial charge < -0.3 is 10.1 Å². The molecular weight excluding hydrogens is 262 g/mol. The van der Waals surface area contributed by atoms with E-state index in [-0.39, 0.29) is 29.7 Å². The second kappa shape index (κ2) is 6.33. The van der Waals surface area contributed by atoms with E-state index in [0.29, 0.717) is 0 Å². The molecule has 1 unspecified atom stereocenters. The van der Waals surface area contributed by atoms with Gasteiger partial charge in [0.15, 0.2) is 0 Å². The molecule has 0 bridgehead atoms. The summed E-state index contributed by atoms with van der Waals surface area (Å²) >= 11 is 0. The zero-order valence-corrected chi connectivity index (χ0v) is 11.2. The predicted molar refractivity (Wildman–Crippen MR) is 73.7 cm³/mol. The van der Waals surface area contributed by atoms with Crippen molar-refractivity contribution in [3.63, 3.8) is 0 Å². The molecule has 7 heteroatoms. The summed E-state index contributed by atoms with van der Waals surface area (Å²) in [6.45, 7) is 2.77. The second-order valence-corrected chi connectivity index (χ2v) is 4.47. The first kappa shape index (κ1) is 14.3. The summed E-state index contributed by atoms with van der Waals surface area (Å²) in [5.74, 6) is -0.559. The smallest absolute Gasteiger partial charge is 0.340 e. The molecule has 2 N–H and O–H groups in total. The highest BCUT2D eigenvalue weighted by Crippen LogP contribution is 2.30. The van der Waals surface area contributed by atoms with Crippen molar-refractivity contribution in [3.8, 4) is 0 Å². The highest BCUT2D eigenvalue weighted by atomic mass is 16.6. The first-order valence-electron chi connectivity index (χ1n) is 6.58. The Hall–Kier alpha value is -2.15. The first-order valence-corrected chi connectivity index (χ1v) is 6.58. The molecule has 2 rings (SSSR count). The van der Waals surface area contributed by atoms with Crippen molar-refractivity contribution >= 4 is 17.3 Å². The molecule has 20 heavy (non-hydrogen) atoms. The van der Waals surface area contributed by atoms with Crippen LogP contribution in [0.15, 0.2) is 18.2 Å². The number of nitrogens with zero attached hydrogens (tertiary/aromatic N) is 1. The summed E-state index contributed by atoms with van der Waals surface area (Å²) in [6, 6.07) is 4.39. The zero-order chi connectivity index (χ0) is 14.5. The Balaban J connectivity index is 2.36. The molecule has 1 aliphatic rings. The Kier molecular flexibility index (Phi) is 4.52. The summed E-state index contributed by atoms with van der Waals surface area (Å²) in [4.78, 5) is 22.5. The quantitative estimate of drug-likeness (QED) is 0.485. The fourth-order valence-corrected chi connectivity index (χ4v) is 2.20. The molecule has 1 saturated heterocycles. The van der Waals surface area contributed by atoms with Crippen LogP contribution in [0.3, 0.4) is 0 Å². The number of carbonyl (C=O) groups is 1. The van der Waals surface area contributed by atoms with Crippen molar-refractivity contribution < 1.29 is 14.5 Å². The number of nitrogens with one attached hydrogen (secondary N) is 2. The van der Waals surface area contributed by atoms with E-state index in [0.717, 1.165) is 19.4 Å². The maximum atomic E-state index is 11.9. The van der Waals surface area contributed by atoms with E-state index in [1.54, 1.807) is 6.92 Å². The molecular formula is C13H17N3O4. The normalized spacial score (nSPS) is 17.8. The topological polar surface area (TPSA) is 93.5 Å². The standard InChI is InChI=1S/C13H17N3O4/c1-2-20-13(17)9-5-3-6-10(16(18)19)12(9)15-11-7-4-8-14-11/h3,5-6,11,14-15H,2,4,7-8H2,1H3. The summed E-state index contributed by atoms with van der Waals surface area (Å²) < 4.78 is 4.95. The molecule has 1 heterocycles. The van der Waals surface area contributed by atoms with E-state index in [4.69, 9.17) is 4.74 Å². The SMILES string of the molecule is CCOC(=O)c1cccc([N+](=O)[O-])c1NC1CCCN1. The van der Waals surface area contributed by atoms with Crippen molar-refractivity contribution in [1.82, 2.24) is 5.32 Å². The third kappa shape index (κ3) is 3.05. The highest BCUT2D eigenvalue weighted by molar-refractivity contribution is 5.98. The lowest BCUT2D eigenvalue weighted by atomic mass is 10.1. The number of ether oxygens (including phenoxy) is 1. The largest absolute Gasteiger partial charge is 0.462 e. The fraction of sp³-hybridized carbons (Fsp3) is 0.462. The molecule has 1 aliphatic heterocycles. The van der Waals surface area contributed by atoms with E-state index < -0.39 is 10.9 Å². The summed E-state index contributed by atoms with van der Waals surface area (Å²) in [6.07, 6.45) is 1.78. The molecule has 0 spiro atoms. The van der Waals surface area contributed by atoms with E-state index >= 15 is 0 Å². The number of nitro groups is 1. The molecule has 0 aliphatic carbocycles. The number of benzene rings is 1. The van der Waals surface area contributed by atoms with Gasteiger partial charge in [-0.1, -0.05) is 6.07 Å². The minimum Gasteiger partial charge on any atom is -0.462 e. The van der Waals surface area contributed by atoms with Crippen molar-refractivity contribution in [1.29, 1.82) is 0 Å². The van der Waals surface area contributed by atoms with Crippen LogP contribution >= 0.6 is 0 Å². The number of rotatable bonds is 5. The van der Waals surface area contributed by atoms with Gasteiger partial charge in [0.1, 0.15) is 5.69 Å². The minimum absolute atomic E-state index is 0.0655. The van der Waals surface area contributed by atoms with Gasteiger partial charge in [0.25, 0.3) is 5.69 Å². The van der Waals surface area contributed by atoms with Gasteiger partial charge >= 0.3 is 5.97 Å². The molecule has 0 aromatic heterocycles. The number of hydrogen-bond donors (Lipinski definition) is 2.